The molecule has 0 spiro atoms. The van der Waals surface area contributed by atoms with Crippen LogP contribution in [0.3, 0.4) is 0 Å². The molecule has 13 heavy (non-hydrogen) atoms. The van der Waals surface area contributed by atoms with E-state index in [2.05, 4.69) is 35.1 Å². The Bertz CT molecular complexity index is 261. The van der Waals surface area contributed by atoms with Gasteiger partial charge in [0.1, 0.15) is 0 Å². The molecular formula is C10H14N2S. The minimum absolute atomic E-state index is 0.338. The molecule has 3 heteroatoms. The second-order valence-corrected chi connectivity index (χ2v) is 3.76. The van der Waals surface area contributed by atoms with Gasteiger partial charge >= 0.3 is 0 Å². The van der Waals surface area contributed by atoms with Crippen LogP contribution in [0.5, 0.6) is 0 Å². The van der Waals surface area contributed by atoms with E-state index in [-0.39, 0.29) is 0 Å². The zero-order valence-electron chi connectivity index (χ0n) is 7.79. The highest BCUT2D eigenvalue weighted by Gasteiger charge is 2.03. The molecule has 0 bridgehead atoms. The van der Waals surface area contributed by atoms with Gasteiger partial charge in [-0.1, -0.05) is 6.92 Å². The van der Waals surface area contributed by atoms with E-state index in [0.717, 1.165) is 13.0 Å². The lowest BCUT2D eigenvalue weighted by atomic mass is 10.1. The summed E-state index contributed by atoms with van der Waals surface area (Å²) in [5, 5.41) is 16.1. The highest BCUT2D eigenvalue weighted by Crippen LogP contribution is 2.06. The van der Waals surface area contributed by atoms with Gasteiger partial charge in [0.15, 0.2) is 0 Å². The molecular weight excluding hydrogens is 180 g/mol. The van der Waals surface area contributed by atoms with Crippen molar-refractivity contribution >= 4 is 11.3 Å². The Morgan fingerprint density at radius 3 is 3.08 bits per heavy atom. The van der Waals surface area contributed by atoms with Gasteiger partial charge in [0.05, 0.1) is 12.5 Å². The highest BCUT2D eigenvalue weighted by atomic mass is 32.1. The third-order valence-electron chi connectivity index (χ3n) is 2.01. The summed E-state index contributed by atoms with van der Waals surface area (Å²) in [6.07, 6.45) is 1.61. The van der Waals surface area contributed by atoms with Crippen LogP contribution >= 0.6 is 11.3 Å². The van der Waals surface area contributed by atoms with E-state index in [1.54, 1.807) is 11.3 Å². The Morgan fingerprint density at radius 1 is 1.69 bits per heavy atom. The lowest BCUT2D eigenvalue weighted by molar-refractivity contribution is 0.505. The first-order chi connectivity index (χ1) is 6.36. The van der Waals surface area contributed by atoms with Crippen molar-refractivity contribution in [2.24, 2.45) is 0 Å². The molecule has 2 nitrogen and oxygen atoms in total. The summed E-state index contributed by atoms with van der Waals surface area (Å²) in [5.41, 5.74) is 1.31. The van der Waals surface area contributed by atoms with Gasteiger partial charge < -0.3 is 5.32 Å². The van der Waals surface area contributed by atoms with Crippen LogP contribution in [0.1, 0.15) is 25.3 Å². The molecule has 1 heterocycles. The largest absolute Gasteiger partial charge is 0.309 e. The normalized spacial score (nSPS) is 12.3. The first-order valence-corrected chi connectivity index (χ1v) is 5.42. The van der Waals surface area contributed by atoms with Gasteiger partial charge in [0, 0.05) is 12.6 Å². The summed E-state index contributed by atoms with van der Waals surface area (Å²) in [5.74, 6) is 0. The van der Waals surface area contributed by atoms with Crippen molar-refractivity contribution in [2.45, 2.75) is 32.4 Å². The van der Waals surface area contributed by atoms with Gasteiger partial charge in [-0.05, 0) is 28.8 Å². The average molecular weight is 194 g/mol. The van der Waals surface area contributed by atoms with Gasteiger partial charge in [-0.25, -0.2) is 0 Å². The molecule has 0 aliphatic rings. The second kappa shape index (κ2) is 5.74. The van der Waals surface area contributed by atoms with E-state index in [0.29, 0.717) is 12.5 Å². The lowest BCUT2D eigenvalue weighted by Gasteiger charge is -2.12. The Labute approximate surface area is 83.2 Å². The SMILES string of the molecule is CCC(CC#N)NCc1ccsc1. The molecule has 0 amide bonds. The highest BCUT2D eigenvalue weighted by molar-refractivity contribution is 7.07. The van der Waals surface area contributed by atoms with Crippen molar-refractivity contribution in [1.82, 2.24) is 5.32 Å². The van der Waals surface area contributed by atoms with Gasteiger partial charge in [-0.2, -0.15) is 16.6 Å². The summed E-state index contributed by atoms with van der Waals surface area (Å²) in [6, 6.07) is 4.63. The number of nitrogens with one attached hydrogen (secondary N) is 1. The number of rotatable bonds is 5. The van der Waals surface area contributed by atoms with E-state index >= 15 is 0 Å². The molecule has 1 atom stereocenters. The van der Waals surface area contributed by atoms with Crippen LogP contribution in [-0.4, -0.2) is 6.04 Å². The number of nitrogens with zero attached hydrogens (tertiary/aromatic N) is 1. The first-order valence-electron chi connectivity index (χ1n) is 4.48. The van der Waals surface area contributed by atoms with Crippen molar-refractivity contribution in [1.29, 1.82) is 5.26 Å². The zero-order chi connectivity index (χ0) is 9.52. The molecule has 70 valence electrons. The predicted molar refractivity (Wildman–Crippen MR) is 55.5 cm³/mol. The minimum Gasteiger partial charge on any atom is -0.309 e. The Morgan fingerprint density at radius 2 is 2.54 bits per heavy atom. The van der Waals surface area contributed by atoms with Crippen molar-refractivity contribution in [3.8, 4) is 6.07 Å². The molecule has 0 radical (unpaired) electrons. The van der Waals surface area contributed by atoms with E-state index < -0.39 is 0 Å². The molecule has 1 aromatic heterocycles. The summed E-state index contributed by atoms with van der Waals surface area (Å²) in [6.45, 7) is 2.98. The molecule has 0 aliphatic carbocycles. The van der Waals surface area contributed by atoms with Crippen molar-refractivity contribution < 1.29 is 0 Å². The third kappa shape index (κ3) is 3.58. The summed E-state index contributed by atoms with van der Waals surface area (Å²) in [7, 11) is 0. The Kier molecular flexibility index (Phi) is 4.52. The van der Waals surface area contributed by atoms with Gasteiger partial charge in [0.25, 0.3) is 0 Å². The maximum atomic E-state index is 8.54. The van der Waals surface area contributed by atoms with Crippen LogP contribution in [0.15, 0.2) is 16.8 Å². The molecule has 1 N–H and O–H groups in total. The van der Waals surface area contributed by atoms with Crippen molar-refractivity contribution in [3.63, 3.8) is 0 Å². The summed E-state index contributed by atoms with van der Waals surface area (Å²) in [4.78, 5) is 0. The van der Waals surface area contributed by atoms with Gasteiger partial charge in [-0.3, -0.25) is 0 Å². The van der Waals surface area contributed by atoms with Crippen LogP contribution in [0, 0.1) is 11.3 Å². The zero-order valence-corrected chi connectivity index (χ0v) is 8.60. The van der Waals surface area contributed by atoms with Crippen LogP contribution < -0.4 is 5.32 Å². The fourth-order valence-electron chi connectivity index (χ4n) is 1.13. The van der Waals surface area contributed by atoms with Gasteiger partial charge in [-0.15, -0.1) is 0 Å². The molecule has 0 aromatic carbocycles. The van der Waals surface area contributed by atoms with Crippen molar-refractivity contribution in [2.75, 3.05) is 0 Å². The van der Waals surface area contributed by atoms with Crippen LogP contribution in [0.25, 0.3) is 0 Å². The fraction of sp³-hybridized carbons (Fsp3) is 0.500. The average Bonchev–Trinajstić information content (AvgIpc) is 2.64. The van der Waals surface area contributed by atoms with Gasteiger partial charge in [0.2, 0.25) is 0 Å². The number of hydrogen-bond donors (Lipinski definition) is 1. The van der Waals surface area contributed by atoms with Crippen LogP contribution in [0.2, 0.25) is 0 Å². The fourth-order valence-corrected chi connectivity index (χ4v) is 1.80. The lowest BCUT2D eigenvalue weighted by Crippen LogP contribution is -2.27. The van der Waals surface area contributed by atoms with E-state index in [1.165, 1.54) is 5.56 Å². The molecule has 1 unspecified atom stereocenters. The number of nitriles is 1. The third-order valence-corrected chi connectivity index (χ3v) is 2.74. The number of thiophene rings is 1. The summed E-state index contributed by atoms with van der Waals surface area (Å²) < 4.78 is 0. The molecule has 0 saturated heterocycles. The van der Waals surface area contributed by atoms with E-state index in [1.807, 2.05) is 0 Å². The Hall–Kier alpha value is -0.850. The van der Waals surface area contributed by atoms with E-state index in [9.17, 15) is 0 Å². The standard InChI is InChI=1S/C10H14N2S/c1-2-10(3-5-11)12-7-9-4-6-13-8-9/h4,6,8,10,12H,2-3,7H2,1H3. The molecule has 0 aliphatic heterocycles. The summed E-state index contributed by atoms with van der Waals surface area (Å²) >= 11 is 1.71. The molecule has 0 saturated carbocycles. The maximum absolute atomic E-state index is 8.54. The van der Waals surface area contributed by atoms with Crippen LogP contribution in [-0.2, 0) is 6.54 Å². The van der Waals surface area contributed by atoms with Crippen LogP contribution in [0.4, 0.5) is 0 Å². The smallest absolute Gasteiger partial charge is 0.0638 e. The minimum atomic E-state index is 0.338. The second-order valence-electron chi connectivity index (χ2n) is 2.98. The van der Waals surface area contributed by atoms with Crippen molar-refractivity contribution in [3.05, 3.63) is 22.4 Å². The maximum Gasteiger partial charge on any atom is 0.0638 e. The topological polar surface area (TPSA) is 35.8 Å². The Balaban J connectivity index is 2.28. The predicted octanol–water partition coefficient (Wildman–Crippen LogP) is 2.53. The molecule has 1 rings (SSSR count). The first kappa shape index (κ1) is 10.2. The van der Waals surface area contributed by atoms with E-state index in [4.69, 9.17) is 5.26 Å². The monoisotopic (exact) mass is 194 g/mol. The number of hydrogen-bond acceptors (Lipinski definition) is 3. The molecule has 0 fully saturated rings. The quantitative estimate of drug-likeness (QED) is 0.782. The molecule has 1 aromatic rings.